The summed E-state index contributed by atoms with van der Waals surface area (Å²) in [4.78, 5) is 25.7. The zero-order valence-corrected chi connectivity index (χ0v) is 20.6. The van der Waals surface area contributed by atoms with E-state index in [2.05, 4.69) is 16.0 Å². The Morgan fingerprint density at radius 2 is 1.55 bits per heavy atom. The number of hydrogen-bond acceptors (Lipinski definition) is 3. The molecule has 2 aromatic carbocycles. The van der Waals surface area contributed by atoms with Gasteiger partial charge in [0, 0.05) is 12.2 Å². The highest BCUT2D eigenvalue weighted by atomic mass is 16.3. The number of aromatic hydroxyl groups is 1. The number of hydrogen-bond donors (Lipinski definition) is 4. The van der Waals surface area contributed by atoms with E-state index in [9.17, 15) is 14.7 Å². The lowest BCUT2D eigenvalue weighted by molar-refractivity contribution is -0.118. The summed E-state index contributed by atoms with van der Waals surface area (Å²) in [5, 5.41) is 19.7. The van der Waals surface area contributed by atoms with Crippen LogP contribution in [-0.4, -0.2) is 17.0 Å². The van der Waals surface area contributed by atoms with Crippen molar-refractivity contribution in [2.24, 2.45) is 0 Å². The maximum Gasteiger partial charge on any atom is 0.319 e. The number of phenolic OH excluding ortho intramolecular Hbond substituents is 1. The first kappa shape index (κ1) is 24.4. The highest BCUT2D eigenvalue weighted by Crippen LogP contribution is 2.42. The van der Waals surface area contributed by atoms with Crippen LogP contribution in [0, 0.1) is 0 Å². The first-order valence-corrected chi connectivity index (χ1v) is 11.3. The normalized spacial score (nSPS) is 16.8. The Hall–Kier alpha value is -3.28. The van der Waals surface area contributed by atoms with Crippen LogP contribution in [0.5, 0.6) is 5.75 Å². The van der Waals surface area contributed by atoms with Crippen molar-refractivity contribution < 1.29 is 14.7 Å². The van der Waals surface area contributed by atoms with Gasteiger partial charge < -0.3 is 21.1 Å². The van der Waals surface area contributed by atoms with Crippen LogP contribution in [0.15, 0.2) is 53.7 Å². The van der Waals surface area contributed by atoms with Gasteiger partial charge >= 0.3 is 6.03 Å². The van der Waals surface area contributed by atoms with Crippen LogP contribution >= 0.6 is 0 Å². The fraction of sp³-hybridized carbons (Fsp3) is 0.407. The van der Waals surface area contributed by atoms with Gasteiger partial charge in [-0.3, -0.25) is 4.79 Å². The van der Waals surface area contributed by atoms with E-state index < -0.39 is 6.04 Å². The summed E-state index contributed by atoms with van der Waals surface area (Å²) in [6, 6.07) is 12.5. The van der Waals surface area contributed by atoms with Crippen molar-refractivity contribution in [3.63, 3.8) is 0 Å². The number of allylic oxidation sites excluding steroid dienone is 1. The molecule has 176 valence electrons. The van der Waals surface area contributed by atoms with Crippen LogP contribution in [0.3, 0.4) is 0 Å². The van der Waals surface area contributed by atoms with E-state index in [-0.39, 0.29) is 28.5 Å². The third-order valence-corrected chi connectivity index (χ3v) is 5.89. The molecule has 0 bridgehead atoms. The van der Waals surface area contributed by atoms with Gasteiger partial charge in [-0.1, -0.05) is 71.9 Å². The summed E-state index contributed by atoms with van der Waals surface area (Å²) in [6.45, 7) is 14.3. The highest BCUT2D eigenvalue weighted by molar-refractivity contribution is 5.98. The molecule has 1 aliphatic heterocycles. The first-order valence-electron chi connectivity index (χ1n) is 11.3. The molecule has 0 saturated heterocycles. The van der Waals surface area contributed by atoms with Crippen molar-refractivity contribution in [2.45, 2.75) is 71.9 Å². The van der Waals surface area contributed by atoms with Gasteiger partial charge in [0.2, 0.25) is 0 Å². The second-order valence-electron chi connectivity index (χ2n) is 10.7. The van der Waals surface area contributed by atoms with Gasteiger partial charge in [0.1, 0.15) is 5.75 Å². The highest BCUT2D eigenvalue weighted by Gasteiger charge is 2.34. The van der Waals surface area contributed by atoms with Crippen LogP contribution in [-0.2, 0) is 22.2 Å². The number of carbonyl (C=O) groups excluding carboxylic acids is 2. The predicted octanol–water partition coefficient (Wildman–Crippen LogP) is 4.93. The van der Waals surface area contributed by atoms with Crippen molar-refractivity contribution in [1.29, 1.82) is 0 Å². The van der Waals surface area contributed by atoms with Gasteiger partial charge in [0.25, 0.3) is 5.91 Å². The summed E-state index contributed by atoms with van der Waals surface area (Å²) in [6.07, 6.45) is 0. The summed E-state index contributed by atoms with van der Waals surface area (Å²) >= 11 is 0. The van der Waals surface area contributed by atoms with Gasteiger partial charge in [-0.25, -0.2) is 4.79 Å². The molecule has 3 rings (SSSR count). The van der Waals surface area contributed by atoms with Crippen molar-refractivity contribution in [1.82, 2.24) is 16.0 Å². The number of carbonyl (C=O) groups is 2. The van der Waals surface area contributed by atoms with Gasteiger partial charge in [0.05, 0.1) is 11.6 Å². The average Bonchev–Trinajstić information content (AvgIpc) is 2.70. The van der Waals surface area contributed by atoms with Crippen LogP contribution in [0.2, 0.25) is 0 Å². The van der Waals surface area contributed by atoms with Crippen LogP contribution in [0.4, 0.5) is 4.79 Å². The number of benzene rings is 2. The minimum atomic E-state index is -0.641. The SMILES string of the molecule is CC1=C(C(=O)NCc2ccccc2)[C@H](c2cc(C(C)(C)C)c(O)c(C(C)(C)C)c2)NC(=O)N1. The van der Waals surface area contributed by atoms with Gasteiger partial charge in [-0.2, -0.15) is 0 Å². The van der Waals surface area contributed by atoms with E-state index >= 15 is 0 Å². The van der Waals surface area contributed by atoms with Gasteiger partial charge in [-0.15, -0.1) is 0 Å². The number of urea groups is 1. The van der Waals surface area contributed by atoms with Crippen molar-refractivity contribution in [3.8, 4) is 5.75 Å². The predicted molar refractivity (Wildman–Crippen MR) is 131 cm³/mol. The molecule has 0 aromatic heterocycles. The second-order valence-corrected chi connectivity index (χ2v) is 10.7. The van der Waals surface area contributed by atoms with Crippen molar-refractivity contribution in [2.75, 3.05) is 0 Å². The molecule has 0 unspecified atom stereocenters. The van der Waals surface area contributed by atoms with Crippen LogP contribution < -0.4 is 16.0 Å². The van der Waals surface area contributed by atoms with Crippen LogP contribution in [0.25, 0.3) is 0 Å². The lowest BCUT2D eigenvalue weighted by Crippen LogP contribution is -2.47. The van der Waals surface area contributed by atoms with Gasteiger partial charge in [0.15, 0.2) is 0 Å². The summed E-state index contributed by atoms with van der Waals surface area (Å²) in [5.41, 5.74) is 3.62. The number of rotatable bonds is 4. The quantitative estimate of drug-likeness (QED) is 0.533. The number of nitrogens with one attached hydrogen (secondary N) is 3. The van der Waals surface area contributed by atoms with E-state index in [4.69, 9.17) is 0 Å². The Morgan fingerprint density at radius 1 is 1.00 bits per heavy atom. The standard InChI is InChI=1S/C27H35N3O3/c1-16-21(24(32)28-15-17-11-9-8-10-12-17)22(30-25(33)29-16)18-13-19(26(2,3)4)23(31)20(14-18)27(5,6)7/h8-14,22,31H,15H2,1-7H3,(H,28,32)(H2,29,30,33)/t22-/m0/s1. The fourth-order valence-corrected chi connectivity index (χ4v) is 4.09. The molecule has 0 aliphatic carbocycles. The van der Waals surface area contributed by atoms with E-state index in [1.807, 2.05) is 84.0 Å². The molecule has 3 amide bonds. The van der Waals surface area contributed by atoms with E-state index in [1.54, 1.807) is 6.92 Å². The molecule has 0 radical (unpaired) electrons. The second kappa shape index (κ2) is 8.93. The molecule has 6 nitrogen and oxygen atoms in total. The Balaban J connectivity index is 2.07. The molecule has 6 heteroatoms. The molecule has 0 saturated carbocycles. The largest absolute Gasteiger partial charge is 0.507 e. The molecule has 1 atom stereocenters. The van der Waals surface area contributed by atoms with E-state index in [0.717, 1.165) is 22.3 Å². The smallest absolute Gasteiger partial charge is 0.319 e. The Labute approximate surface area is 196 Å². The minimum Gasteiger partial charge on any atom is -0.507 e. The van der Waals surface area contributed by atoms with Crippen LogP contribution in [0.1, 0.15) is 76.8 Å². The zero-order chi connectivity index (χ0) is 24.6. The molecule has 4 N–H and O–H groups in total. The zero-order valence-electron chi connectivity index (χ0n) is 20.6. The van der Waals surface area contributed by atoms with Gasteiger partial charge in [-0.05, 0) is 52.1 Å². The summed E-state index contributed by atoms with van der Waals surface area (Å²) in [5.74, 6) is 0.00587. The summed E-state index contributed by atoms with van der Waals surface area (Å²) in [7, 11) is 0. The molecule has 1 aliphatic rings. The molecule has 0 fully saturated rings. The lowest BCUT2D eigenvalue weighted by Gasteiger charge is -2.33. The van der Waals surface area contributed by atoms with E-state index in [1.165, 1.54) is 0 Å². The summed E-state index contributed by atoms with van der Waals surface area (Å²) < 4.78 is 0. The topological polar surface area (TPSA) is 90.5 Å². The van der Waals surface area contributed by atoms with Crippen molar-refractivity contribution in [3.05, 3.63) is 76.0 Å². The third kappa shape index (κ3) is 5.38. The molecular formula is C27H35N3O3. The Morgan fingerprint density at radius 3 is 2.06 bits per heavy atom. The van der Waals surface area contributed by atoms with E-state index in [0.29, 0.717) is 17.8 Å². The molecular weight excluding hydrogens is 414 g/mol. The first-order chi connectivity index (χ1) is 15.3. The molecule has 0 spiro atoms. The maximum atomic E-state index is 13.3. The number of amides is 3. The molecule has 33 heavy (non-hydrogen) atoms. The monoisotopic (exact) mass is 449 g/mol. The maximum absolute atomic E-state index is 13.3. The lowest BCUT2D eigenvalue weighted by atomic mass is 9.77. The Bertz CT molecular complexity index is 1050. The molecule has 2 aromatic rings. The number of phenols is 1. The molecule has 1 heterocycles. The Kier molecular flexibility index (Phi) is 6.59. The van der Waals surface area contributed by atoms with Crippen molar-refractivity contribution >= 4 is 11.9 Å². The fourth-order valence-electron chi connectivity index (χ4n) is 4.09. The minimum absolute atomic E-state index is 0.253. The third-order valence-electron chi connectivity index (χ3n) is 5.89. The average molecular weight is 450 g/mol.